The zero-order valence-electron chi connectivity index (χ0n) is 13.9. The van der Waals surface area contributed by atoms with Crippen molar-refractivity contribution in [1.82, 2.24) is 14.7 Å². The molecular weight excluding hydrogens is 282 g/mol. The van der Waals surface area contributed by atoms with Gasteiger partial charge in [-0.2, -0.15) is 5.10 Å². The van der Waals surface area contributed by atoms with Crippen molar-refractivity contribution < 1.29 is 14.3 Å². The highest BCUT2D eigenvalue weighted by atomic mass is 16.5. The van der Waals surface area contributed by atoms with E-state index in [9.17, 15) is 4.79 Å². The van der Waals surface area contributed by atoms with Crippen LogP contribution >= 0.6 is 0 Å². The fraction of sp³-hybridized carbons (Fsp3) is 0.750. The first-order valence-corrected chi connectivity index (χ1v) is 7.89. The molecule has 2 atom stereocenters. The molecule has 1 saturated heterocycles. The van der Waals surface area contributed by atoms with Crippen LogP contribution in [0.1, 0.15) is 30.5 Å². The number of esters is 1. The molecule has 1 aromatic heterocycles. The van der Waals surface area contributed by atoms with E-state index < -0.39 is 0 Å². The lowest BCUT2D eigenvalue weighted by Crippen LogP contribution is -2.36. The predicted octanol–water partition coefficient (Wildman–Crippen LogP) is 1.51. The summed E-state index contributed by atoms with van der Waals surface area (Å²) in [6.07, 6.45) is 3.20. The van der Waals surface area contributed by atoms with Crippen molar-refractivity contribution in [3.05, 3.63) is 11.3 Å². The number of nitrogens with zero attached hydrogens (tertiary/aromatic N) is 3. The van der Waals surface area contributed by atoms with Crippen LogP contribution in [0, 0.1) is 18.3 Å². The molecule has 2 fully saturated rings. The highest BCUT2D eigenvalue weighted by molar-refractivity contribution is 5.78. The van der Waals surface area contributed by atoms with Gasteiger partial charge in [-0.25, -0.2) is 4.68 Å². The smallest absolute Gasteiger partial charge is 0.313 e. The van der Waals surface area contributed by atoms with Crippen molar-refractivity contribution >= 4 is 5.97 Å². The van der Waals surface area contributed by atoms with Crippen molar-refractivity contribution in [3.63, 3.8) is 0 Å². The zero-order chi connectivity index (χ0) is 15.9. The van der Waals surface area contributed by atoms with Gasteiger partial charge in [0.1, 0.15) is 0 Å². The summed E-state index contributed by atoms with van der Waals surface area (Å²) in [6, 6.07) is 0. The van der Waals surface area contributed by atoms with Crippen molar-refractivity contribution in [3.8, 4) is 5.88 Å². The number of likely N-dealkylation sites (tertiary alicyclic amines) is 1. The predicted molar refractivity (Wildman–Crippen MR) is 81.6 cm³/mol. The summed E-state index contributed by atoms with van der Waals surface area (Å²) in [5, 5.41) is 4.44. The van der Waals surface area contributed by atoms with E-state index in [1.54, 1.807) is 11.8 Å². The number of aryl methyl sites for hydroxylation is 2. The molecular formula is C16H25N3O3. The van der Waals surface area contributed by atoms with Crippen LogP contribution in [0.15, 0.2) is 0 Å². The van der Waals surface area contributed by atoms with Gasteiger partial charge in [0, 0.05) is 26.7 Å². The highest BCUT2D eigenvalue weighted by Gasteiger charge is 2.55. The molecule has 3 rings (SSSR count). The first-order valence-electron chi connectivity index (χ1n) is 7.89. The first-order chi connectivity index (χ1) is 10.5. The average molecular weight is 307 g/mol. The Morgan fingerprint density at radius 1 is 1.45 bits per heavy atom. The lowest BCUT2D eigenvalue weighted by atomic mass is 9.81. The van der Waals surface area contributed by atoms with E-state index in [0.717, 1.165) is 56.0 Å². The van der Waals surface area contributed by atoms with Gasteiger partial charge in [-0.15, -0.1) is 0 Å². The molecule has 2 heterocycles. The molecule has 0 aromatic carbocycles. The molecule has 6 heteroatoms. The van der Waals surface area contributed by atoms with E-state index in [0.29, 0.717) is 5.92 Å². The number of methoxy groups -OCH3 is 2. The molecule has 0 radical (unpaired) electrons. The second kappa shape index (κ2) is 5.57. The molecule has 22 heavy (non-hydrogen) atoms. The van der Waals surface area contributed by atoms with Gasteiger partial charge in [-0.1, -0.05) is 6.42 Å². The first kappa shape index (κ1) is 15.3. The Hall–Kier alpha value is -1.56. The highest BCUT2D eigenvalue weighted by Crippen LogP contribution is 2.50. The van der Waals surface area contributed by atoms with Crippen molar-refractivity contribution in [2.75, 3.05) is 27.3 Å². The third kappa shape index (κ3) is 2.20. The van der Waals surface area contributed by atoms with Crippen molar-refractivity contribution in [2.45, 2.75) is 32.7 Å². The SMILES string of the molecule is COC(=O)[C@]12CCC[C@@H]1CN(Cc1c(C)nn(C)c1OC)C2. The Labute approximate surface area is 131 Å². The normalized spacial score (nSPS) is 27.9. The topological polar surface area (TPSA) is 56.6 Å². The second-order valence-corrected chi connectivity index (χ2v) is 6.60. The molecule has 0 amide bonds. The van der Waals surface area contributed by atoms with Crippen LogP contribution in [0.3, 0.4) is 0 Å². The molecule has 0 N–H and O–H groups in total. The Bertz CT molecular complexity index is 583. The Kier molecular flexibility index (Phi) is 3.89. The molecule has 1 aliphatic heterocycles. The lowest BCUT2D eigenvalue weighted by Gasteiger charge is -2.25. The maximum absolute atomic E-state index is 12.3. The van der Waals surface area contributed by atoms with Gasteiger partial charge in [-0.3, -0.25) is 9.69 Å². The fourth-order valence-corrected chi connectivity index (χ4v) is 4.39. The number of carbonyl (C=O) groups excluding carboxylic acids is 1. The van der Waals surface area contributed by atoms with Crippen LogP contribution in [0.5, 0.6) is 5.88 Å². The zero-order valence-corrected chi connectivity index (χ0v) is 13.9. The number of carbonyl (C=O) groups is 1. The summed E-state index contributed by atoms with van der Waals surface area (Å²) in [4.78, 5) is 14.7. The Balaban J connectivity index is 1.80. The van der Waals surface area contributed by atoms with Gasteiger partial charge in [0.05, 0.1) is 30.9 Å². The summed E-state index contributed by atoms with van der Waals surface area (Å²) in [7, 11) is 5.07. The minimum absolute atomic E-state index is 0.0348. The Morgan fingerprint density at radius 2 is 2.23 bits per heavy atom. The van der Waals surface area contributed by atoms with Gasteiger partial charge >= 0.3 is 5.97 Å². The number of ether oxygens (including phenoxy) is 2. The second-order valence-electron chi connectivity index (χ2n) is 6.60. The third-order valence-electron chi connectivity index (χ3n) is 5.40. The van der Waals surface area contributed by atoms with E-state index in [4.69, 9.17) is 9.47 Å². The van der Waals surface area contributed by atoms with Crippen LogP contribution in [0.2, 0.25) is 0 Å². The summed E-state index contributed by atoms with van der Waals surface area (Å²) >= 11 is 0. The van der Waals surface area contributed by atoms with E-state index >= 15 is 0 Å². The molecule has 122 valence electrons. The van der Waals surface area contributed by atoms with Gasteiger partial charge in [-0.05, 0) is 25.7 Å². The minimum Gasteiger partial charge on any atom is -0.481 e. The van der Waals surface area contributed by atoms with Gasteiger partial charge in [0.25, 0.3) is 0 Å². The Morgan fingerprint density at radius 3 is 2.91 bits per heavy atom. The lowest BCUT2D eigenvalue weighted by molar-refractivity contribution is -0.153. The number of hydrogen-bond donors (Lipinski definition) is 0. The van der Waals surface area contributed by atoms with E-state index in [2.05, 4.69) is 10.00 Å². The van der Waals surface area contributed by atoms with E-state index in [1.165, 1.54) is 7.11 Å². The molecule has 2 aliphatic rings. The number of fused-ring (bicyclic) bond motifs is 1. The molecule has 1 aromatic rings. The van der Waals surface area contributed by atoms with Gasteiger partial charge < -0.3 is 9.47 Å². The number of rotatable bonds is 4. The molecule has 6 nitrogen and oxygen atoms in total. The third-order valence-corrected chi connectivity index (χ3v) is 5.40. The maximum Gasteiger partial charge on any atom is 0.313 e. The van der Waals surface area contributed by atoms with E-state index in [-0.39, 0.29) is 11.4 Å². The molecule has 0 spiro atoms. The van der Waals surface area contributed by atoms with Crippen LogP contribution in [-0.4, -0.2) is 48.0 Å². The summed E-state index contributed by atoms with van der Waals surface area (Å²) in [5.41, 5.74) is 1.81. The van der Waals surface area contributed by atoms with Crippen LogP contribution < -0.4 is 4.74 Å². The summed E-state index contributed by atoms with van der Waals surface area (Å²) in [6.45, 7) is 4.51. The molecule has 0 bridgehead atoms. The van der Waals surface area contributed by atoms with Crippen LogP contribution in [0.25, 0.3) is 0 Å². The maximum atomic E-state index is 12.3. The summed E-state index contributed by atoms with van der Waals surface area (Å²) in [5.74, 6) is 1.19. The largest absolute Gasteiger partial charge is 0.481 e. The molecule has 1 aliphatic carbocycles. The standard InChI is InChI=1S/C16H25N3O3/c1-11-13(14(21-3)18(2)17-11)9-19-8-12-6-5-7-16(12,10-19)15(20)22-4/h12H,5-10H2,1-4H3/t12-,16+/m1/s1. The van der Waals surface area contributed by atoms with E-state index in [1.807, 2.05) is 14.0 Å². The van der Waals surface area contributed by atoms with Gasteiger partial charge in [0.2, 0.25) is 5.88 Å². The van der Waals surface area contributed by atoms with Gasteiger partial charge in [0.15, 0.2) is 0 Å². The quantitative estimate of drug-likeness (QED) is 0.789. The monoisotopic (exact) mass is 307 g/mol. The van der Waals surface area contributed by atoms with Crippen LogP contribution in [-0.2, 0) is 23.1 Å². The summed E-state index contributed by atoms with van der Waals surface area (Å²) < 4.78 is 12.4. The van der Waals surface area contributed by atoms with Crippen molar-refractivity contribution in [2.24, 2.45) is 18.4 Å². The van der Waals surface area contributed by atoms with Crippen molar-refractivity contribution in [1.29, 1.82) is 0 Å². The number of hydrogen-bond acceptors (Lipinski definition) is 5. The molecule has 0 unspecified atom stereocenters. The minimum atomic E-state index is -0.294. The average Bonchev–Trinajstić information content (AvgIpc) is 3.10. The molecule has 1 saturated carbocycles. The van der Waals surface area contributed by atoms with Crippen LogP contribution in [0.4, 0.5) is 0 Å². The fourth-order valence-electron chi connectivity index (χ4n) is 4.39. The number of aromatic nitrogens is 2.